The van der Waals surface area contributed by atoms with Crippen molar-refractivity contribution in [2.75, 3.05) is 39.5 Å². The number of carbonyl (C=O) groups excluding carboxylic acids is 2. The fraction of sp³-hybridized carbons (Fsp3) is 0.400. The third-order valence-corrected chi connectivity index (χ3v) is 5.42. The van der Waals surface area contributed by atoms with Crippen molar-refractivity contribution in [3.63, 3.8) is 0 Å². The number of ether oxygens (including phenoxy) is 3. The molecule has 9 nitrogen and oxygen atoms in total. The number of fused-ring (bicyclic) bond motifs is 3. The number of alkyl carbamates (subject to hydrolysis) is 1. The zero-order valence-electron chi connectivity index (χ0n) is 19.1. The zero-order valence-corrected chi connectivity index (χ0v) is 19.1. The van der Waals surface area contributed by atoms with Crippen LogP contribution >= 0.6 is 0 Å². The maximum Gasteiger partial charge on any atom is 0.407 e. The summed E-state index contributed by atoms with van der Waals surface area (Å²) in [6.07, 6.45) is -1.34. The molecule has 1 unspecified atom stereocenters. The van der Waals surface area contributed by atoms with E-state index >= 15 is 0 Å². The standard InChI is InChI=1S/C25H30N2O7/c1-2-33-17(13-24(29)30)14-27-23(28)16-32-12-11-26-25(31)34-15-22-20-9-5-3-7-18(20)19-8-4-6-10-21(19)22/h3-10,17,22H,2,11-16H2,1H3,(H,26,31)(H,27,28)(H,29,30). The Morgan fingerprint density at radius 1 is 1.00 bits per heavy atom. The van der Waals surface area contributed by atoms with Gasteiger partial charge in [0.15, 0.2) is 0 Å². The summed E-state index contributed by atoms with van der Waals surface area (Å²) >= 11 is 0. The number of carboxylic acid groups (broad SMARTS) is 1. The largest absolute Gasteiger partial charge is 0.481 e. The van der Waals surface area contributed by atoms with Crippen molar-refractivity contribution in [1.29, 1.82) is 0 Å². The van der Waals surface area contributed by atoms with Crippen LogP contribution in [0.25, 0.3) is 11.1 Å². The van der Waals surface area contributed by atoms with Gasteiger partial charge in [0.1, 0.15) is 13.2 Å². The van der Waals surface area contributed by atoms with Crippen LogP contribution in [0.4, 0.5) is 4.79 Å². The maximum absolute atomic E-state index is 12.1. The molecule has 0 bridgehead atoms. The number of aliphatic carboxylic acids is 1. The van der Waals surface area contributed by atoms with E-state index in [9.17, 15) is 14.4 Å². The van der Waals surface area contributed by atoms with Crippen LogP contribution in [0.15, 0.2) is 48.5 Å². The van der Waals surface area contributed by atoms with Gasteiger partial charge in [0.25, 0.3) is 0 Å². The summed E-state index contributed by atoms with van der Waals surface area (Å²) in [5, 5.41) is 14.0. The van der Waals surface area contributed by atoms with Gasteiger partial charge >= 0.3 is 12.1 Å². The van der Waals surface area contributed by atoms with Crippen LogP contribution in [0, 0.1) is 0 Å². The number of amides is 2. The van der Waals surface area contributed by atoms with Crippen LogP contribution in [0.3, 0.4) is 0 Å². The Hall–Kier alpha value is -3.43. The highest BCUT2D eigenvalue weighted by Crippen LogP contribution is 2.44. The number of carboxylic acids is 1. The third kappa shape index (κ3) is 7.03. The van der Waals surface area contributed by atoms with Crippen LogP contribution in [0.2, 0.25) is 0 Å². The van der Waals surface area contributed by atoms with Gasteiger partial charge in [0.2, 0.25) is 5.91 Å². The van der Waals surface area contributed by atoms with Gasteiger partial charge in [-0.15, -0.1) is 0 Å². The fourth-order valence-electron chi connectivity index (χ4n) is 3.94. The second-order valence-corrected chi connectivity index (χ2v) is 7.78. The Labute approximate surface area is 198 Å². The Kier molecular flexibility index (Phi) is 9.42. The van der Waals surface area contributed by atoms with E-state index in [4.69, 9.17) is 19.3 Å². The summed E-state index contributed by atoms with van der Waals surface area (Å²) in [6, 6.07) is 16.2. The molecular formula is C25H30N2O7. The molecule has 0 saturated heterocycles. The van der Waals surface area contributed by atoms with E-state index in [0.717, 1.165) is 22.3 Å². The highest BCUT2D eigenvalue weighted by atomic mass is 16.5. The molecule has 1 atom stereocenters. The molecule has 0 heterocycles. The molecule has 2 aromatic rings. The Morgan fingerprint density at radius 2 is 1.65 bits per heavy atom. The smallest absolute Gasteiger partial charge is 0.407 e. The van der Waals surface area contributed by atoms with Gasteiger partial charge in [-0.3, -0.25) is 9.59 Å². The lowest BCUT2D eigenvalue weighted by molar-refractivity contribution is -0.140. The van der Waals surface area contributed by atoms with Gasteiger partial charge in [-0.1, -0.05) is 48.5 Å². The number of carbonyl (C=O) groups is 3. The Morgan fingerprint density at radius 3 is 2.26 bits per heavy atom. The first-order valence-electron chi connectivity index (χ1n) is 11.3. The molecule has 0 fully saturated rings. The molecule has 2 amide bonds. The Balaban J connectivity index is 1.33. The summed E-state index contributed by atoms with van der Waals surface area (Å²) in [5.74, 6) is -1.40. The van der Waals surface area contributed by atoms with E-state index in [1.54, 1.807) is 6.92 Å². The van der Waals surface area contributed by atoms with Crippen molar-refractivity contribution >= 4 is 18.0 Å². The quantitative estimate of drug-likeness (QED) is 0.385. The van der Waals surface area contributed by atoms with Gasteiger partial charge in [0, 0.05) is 25.6 Å². The molecule has 1 aliphatic carbocycles. The van der Waals surface area contributed by atoms with Crippen LogP contribution in [-0.4, -0.2) is 68.7 Å². The molecule has 182 valence electrons. The van der Waals surface area contributed by atoms with Crippen molar-refractivity contribution in [3.05, 3.63) is 59.7 Å². The summed E-state index contributed by atoms with van der Waals surface area (Å²) in [4.78, 5) is 34.7. The summed E-state index contributed by atoms with van der Waals surface area (Å²) in [6.45, 7) is 2.51. The molecule has 3 rings (SSSR count). The monoisotopic (exact) mass is 470 g/mol. The van der Waals surface area contributed by atoms with Gasteiger partial charge < -0.3 is 30.0 Å². The average molecular weight is 471 g/mol. The predicted octanol–water partition coefficient (Wildman–Crippen LogP) is 2.54. The van der Waals surface area contributed by atoms with Gasteiger partial charge in [0.05, 0.1) is 19.1 Å². The van der Waals surface area contributed by atoms with Gasteiger partial charge in [-0.05, 0) is 29.2 Å². The molecule has 2 aromatic carbocycles. The van der Waals surface area contributed by atoms with Crippen molar-refractivity contribution < 1.29 is 33.7 Å². The third-order valence-electron chi connectivity index (χ3n) is 5.42. The first kappa shape index (κ1) is 25.2. The SMILES string of the molecule is CCOC(CNC(=O)COCCNC(=O)OCC1c2ccccc2-c2ccccc21)CC(=O)O. The lowest BCUT2D eigenvalue weighted by Crippen LogP contribution is -2.37. The highest BCUT2D eigenvalue weighted by Gasteiger charge is 2.28. The summed E-state index contributed by atoms with van der Waals surface area (Å²) < 4.78 is 16.0. The molecule has 0 spiro atoms. The predicted molar refractivity (Wildman–Crippen MR) is 125 cm³/mol. The second-order valence-electron chi connectivity index (χ2n) is 7.78. The van der Waals surface area contributed by atoms with Crippen molar-refractivity contribution in [3.8, 4) is 11.1 Å². The topological polar surface area (TPSA) is 123 Å². The number of benzene rings is 2. The lowest BCUT2D eigenvalue weighted by atomic mass is 9.98. The molecule has 9 heteroatoms. The molecular weight excluding hydrogens is 440 g/mol. The van der Waals surface area contributed by atoms with E-state index < -0.39 is 24.1 Å². The van der Waals surface area contributed by atoms with Crippen molar-refractivity contribution in [2.24, 2.45) is 0 Å². The molecule has 34 heavy (non-hydrogen) atoms. The van der Waals surface area contributed by atoms with Crippen LogP contribution < -0.4 is 10.6 Å². The molecule has 0 radical (unpaired) electrons. The minimum Gasteiger partial charge on any atom is -0.481 e. The van der Waals surface area contributed by atoms with E-state index in [1.165, 1.54) is 0 Å². The number of rotatable bonds is 13. The molecule has 1 aliphatic rings. The van der Waals surface area contributed by atoms with Crippen LogP contribution in [0.5, 0.6) is 0 Å². The second kappa shape index (κ2) is 12.7. The van der Waals surface area contributed by atoms with Crippen molar-refractivity contribution in [1.82, 2.24) is 10.6 Å². The van der Waals surface area contributed by atoms with E-state index in [1.807, 2.05) is 24.3 Å². The average Bonchev–Trinajstić information content (AvgIpc) is 3.14. The first-order chi connectivity index (χ1) is 16.5. The zero-order chi connectivity index (χ0) is 24.3. The van der Waals surface area contributed by atoms with Gasteiger partial charge in [-0.2, -0.15) is 0 Å². The normalized spacial score (nSPS) is 13.0. The van der Waals surface area contributed by atoms with Crippen molar-refractivity contribution in [2.45, 2.75) is 25.4 Å². The molecule has 0 aromatic heterocycles. The highest BCUT2D eigenvalue weighted by molar-refractivity contribution is 5.79. The minimum atomic E-state index is -0.997. The molecule has 0 saturated carbocycles. The van der Waals surface area contributed by atoms with E-state index in [-0.39, 0.29) is 45.2 Å². The van der Waals surface area contributed by atoms with Crippen LogP contribution in [0.1, 0.15) is 30.4 Å². The maximum atomic E-state index is 12.1. The number of hydrogen-bond acceptors (Lipinski definition) is 6. The van der Waals surface area contributed by atoms with Gasteiger partial charge in [-0.25, -0.2) is 4.79 Å². The minimum absolute atomic E-state index is 0.0141. The Bertz CT molecular complexity index is 949. The molecule has 3 N–H and O–H groups in total. The summed E-state index contributed by atoms with van der Waals surface area (Å²) in [5.41, 5.74) is 4.60. The number of nitrogens with one attached hydrogen (secondary N) is 2. The van der Waals surface area contributed by atoms with E-state index in [0.29, 0.717) is 6.61 Å². The fourth-order valence-corrected chi connectivity index (χ4v) is 3.94. The van der Waals surface area contributed by atoms with E-state index in [2.05, 4.69) is 34.9 Å². The van der Waals surface area contributed by atoms with Crippen LogP contribution in [-0.2, 0) is 23.8 Å². The lowest BCUT2D eigenvalue weighted by Gasteiger charge is -2.16. The summed E-state index contributed by atoms with van der Waals surface area (Å²) in [7, 11) is 0. The number of hydrogen-bond donors (Lipinski definition) is 3. The molecule has 0 aliphatic heterocycles. The first-order valence-corrected chi connectivity index (χ1v) is 11.3.